The van der Waals surface area contributed by atoms with Crippen molar-refractivity contribution in [3.05, 3.63) is 29.8 Å². The molecular formula is C7H7ClN2O. The normalized spacial score (nSPS) is 11.5. The highest BCUT2D eigenvalue weighted by molar-refractivity contribution is 6.22. The molecule has 3 nitrogen and oxygen atoms in total. The molecule has 1 rings (SSSR count). The molecule has 0 spiro atoms. The Morgan fingerprint density at radius 1 is 1.36 bits per heavy atom. The third-order valence-electron chi connectivity index (χ3n) is 1.25. The number of nitrogens with zero attached hydrogens (tertiary/aromatic N) is 1. The highest BCUT2D eigenvalue weighted by Gasteiger charge is 1.95. The van der Waals surface area contributed by atoms with Crippen molar-refractivity contribution >= 4 is 17.6 Å². The number of hydrogen-bond acceptors (Lipinski definition) is 2. The summed E-state index contributed by atoms with van der Waals surface area (Å²) in [5.41, 5.74) is 6.07. The second kappa shape index (κ2) is 3.25. The highest BCUT2D eigenvalue weighted by atomic mass is 35.5. The molecule has 0 heterocycles. The standard InChI is InChI=1S/C7H7ClN2O/c8-10-7(9)5-1-3-6(11)4-2-5/h1-4,11H,(H2,9,10). The number of phenols is 1. The molecule has 11 heavy (non-hydrogen) atoms. The fraction of sp³-hybridized carbons (Fsp3) is 0. The van der Waals surface area contributed by atoms with E-state index in [1.807, 2.05) is 0 Å². The Balaban J connectivity index is 2.99. The van der Waals surface area contributed by atoms with Crippen LogP contribution in [-0.4, -0.2) is 10.9 Å². The monoisotopic (exact) mass is 170 g/mol. The highest BCUT2D eigenvalue weighted by Crippen LogP contribution is 2.09. The molecule has 0 aromatic heterocycles. The van der Waals surface area contributed by atoms with Gasteiger partial charge in [0, 0.05) is 17.3 Å². The second-order valence-corrected chi connectivity index (χ2v) is 2.19. The van der Waals surface area contributed by atoms with Gasteiger partial charge in [0.1, 0.15) is 11.6 Å². The summed E-state index contributed by atoms with van der Waals surface area (Å²) in [6, 6.07) is 6.31. The van der Waals surface area contributed by atoms with Crippen LogP contribution < -0.4 is 5.73 Å². The Morgan fingerprint density at radius 3 is 2.36 bits per heavy atom. The van der Waals surface area contributed by atoms with Gasteiger partial charge in [0.25, 0.3) is 0 Å². The van der Waals surface area contributed by atoms with Crippen LogP contribution in [0, 0.1) is 0 Å². The van der Waals surface area contributed by atoms with E-state index >= 15 is 0 Å². The fourth-order valence-corrected chi connectivity index (χ4v) is 0.779. The first-order chi connectivity index (χ1) is 5.24. The summed E-state index contributed by atoms with van der Waals surface area (Å²) in [6.45, 7) is 0. The molecule has 0 aliphatic carbocycles. The first-order valence-corrected chi connectivity index (χ1v) is 3.31. The van der Waals surface area contributed by atoms with E-state index in [0.717, 1.165) is 0 Å². The number of aromatic hydroxyl groups is 1. The summed E-state index contributed by atoms with van der Waals surface area (Å²) in [5, 5.41) is 8.90. The SMILES string of the molecule is N/C(=N\Cl)c1ccc(O)cc1. The summed E-state index contributed by atoms with van der Waals surface area (Å²) in [5.74, 6) is 0.433. The van der Waals surface area contributed by atoms with Crippen LogP contribution in [0.2, 0.25) is 0 Å². The number of benzene rings is 1. The number of amidine groups is 1. The van der Waals surface area contributed by atoms with Crippen molar-refractivity contribution in [3.8, 4) is 5.75 Å². The Hall–Kier alpha value is -1.22. The number of nitrogens with two attached hydrogens (primary N) is 1. The molecule has 4 heteroatoms. The molecule has 0 saturated heterocycles. The van der Waals surface area contributed by atoms with Gasteiger partial charge < -0.3 is 10.8 Å². The number of rotatable bonds is 1. The molecule has 0 aliphatic heterocycles. The molecule has 0 amide bonds. The van der Waals surface area contributed by atoms with Gasteiger partial charge in [-0.2, -0.15) is 4.51 Å². The van der Waals surface area contributed by atoms with E-state index in [2.05, 4.69) is 4.51 Å². The van der Waals surface area contributed by atoms with Crippen LogP contribution in [0.3, 0.4) is 0 Å². The van der Waals surface area contributed by atoms with Crippen LogP contribution in [0.1, 0.15) is 5.56 Å². The molecule has 0 bridgehead atoms. The van der Waals surface area contributed by atoms with Gasteiger partial charge in [-0.1, -0.05) is 0 Å². The predicted molar refractivity (Wildman–Crippen MR) is 44.7 cm³/mol. The van der Waals surface area contributed by atoms with Gasteiger partial charge in [0.2, 0.25) is 0 Å². The van der Waals surface area contributed by atoms with Crippen molar-refractivity contribution in [2.75, 3.05) is 0 Å². The molecule has 1 aromatic rings. The first kappa shape index (κ1) is 7.88. The zero-order chi connectivity index (χ0) is 8.27. The minimum Gasteiger partial charge on any atom is -0.508 e. The third-order valence-corrected chi connectivity index (χ3v) is 1.44. The van der Waals surface area contributed by atoms with Crippen LogP contribution in [0.25, 0.3) is 0 Å². The zero-order valence-electron chi connectivity index (χ0n) is 5.66. The number of hydrogen-bond donors (Lipinski definition) is 2. The lowest BCUT2D eigenvalue weighted by Crippen LogP contribution is -2.11. The van der Waals surface area contributed by atoms with Gasteiger partial charge in [-0.05, 0) is 24.3 Å². The van der Waals surface area contributed by atoms with E-state index < -0.39 is 0 Å². The van der Waals surface area contributed by atoms with Crippen LogP contribution in [0.15, 0.2) is 28.8 Å². The summed E-state index contributed by atoms with van der Waals surface area (Å²) in [4.78, 5) is 0. The smallest absolute Gasteiger partial charge is 0.145 e. The molecule has 0 unspecified atom stereocenters. The van der Waals surface area contributed by atoms with Gasteiger partial charge in [0.15, 0.2) is 0 Å². The van der Waals surface area contributed by atoms with E-state index in [-0.39, 0.29) is 11.6 Å². The molecule has 1 aromatic carbocycles. The molecule has 58 valence electrons. The van der Waals surface area contributed by atoms with E-state index in [1.54, 1.807) is 12.1 Å². The Labute approximate surface area is 69.2 Å². The van der Waals surface area contributed by atoms with Crippen LogP contribution in [0.4, 0.5) is 0 Å². The Kier molecular flexibility index (Phi) is 2.33. The lowest BCUT2D eigenvalue weighted by atomic mass is 10.2. The lowest BCUT2D eigenvalue weighted by molar-refractivity contribution is 0.475. The van der Waals surface area contributed by atoms with Gasteiger partial charge in [-0.15, -0.1) is 0 Å². The van der Waals surface area contributed by atoms with E-state index in [4.69, 9.17) is 22.6 Å². The van der Waals surface area contributed by atoms with Crippen molar-refractivity contribution in [2.24, 2.45) is 10.2 Å². The molecule has 0 atom stereocenters. The van der Waals surface area contributed by atoms with E-state index in [1.165, 1.54) is 12.1 Å². The minimum atomic E-state index is 0.191. The van der Waals surface area contributed by atoms with Crippen molar-refractivity contribution < 1.29 is 5.11 Å². The summed E-state index contributed by atoms with van der Waals surface area (Å²) < 4.78 is 3.27. The third kappa shape index (κ3) is 1.85. The average molecular weight is 171 g/mol. The maximum Gasteiger partial charge on any atom is 0.145 e. The van der Waals surface area contributed by atoms with Gasteiger partial charge in [-0.25, -0.2) is 0 Å². The topological polar surface area (TPSA) is 58.6 Å². The molecular weight excluding hydrogens is 164 g/mol. The molecule has 0 saturated carbocycles. The summed E-state index contributed by atoms with van der Waals surface area (Å²) >= 11 is 5.13. The van der Waals surface area contributed by atoms with Crippen molar-refractivity contribution in [1.82, 2.24) is 0 Å². The maximum absolute atomic E-state index is 8.90. The fourth-order valence-electron chi connectivity index (χ4n) is 0.681. The van der Waals surface area contributed by atoms with Gasteiger partial charge in [0.05, 0.1) is 0 Å². The Morgan fingerprint density at radius 2 is 1.91 bits per heavy atom. The van der Waals surface area contributed by atoms with Crippen molar-refractivity contribution in [3.63, 3.8) is 0 Å². The molecule has 0 radical (unpaired) electrons. The Bertz CT molecular complexity index is 268. The van der Waals surface area contributed by atoms with Gasteiger partial charge >= 0.3 is 0 Å². The maximum atomic E-state index is 8.90. The number of halogens is 1. The molecule has 3 N–H and O–H groups in total. The second-order valence-electron chi connectivity index (χ2n) is 2.02. The minimum absolute atomic E-state index is 0.191. The van der Waals surface area contributed by atoms with Crippen LogP contribution in [-0.2, 0) is 0 Å². The van der Waals surface area contributed by atoms with Crippen LogP contribution in [0.5, 0.6) is 5.75 Å². The predicted octanol–water partition coefficient (Wildman–Crippen LogP) is 1.25. The van der Waals surface area contributed by atoms with E-state index in [0.29, 0.717) is 5.56 Å². The zero-order valence-corrected chi connectivity index (χ0v) is 6.42. The van der Waals surface area contributed by atoms with E-state index in [9.17, 15) is 0 Å². The molecule has 0 fully saturated rings. The average Bonchev–Trinajstić information content (AvgIpc) is 2.05. The van der Waals surface area contributed by atoms with Crippen LogP contribution >= 0.6 is 11.8 Å². The quantitative estimate of drug-likeness (QED) is 0.492. The van der Waals surface area contributed by atoms with Crippen molar-refractivity contribution in [1.29, 1.82) is 0 Å². The summed E-state index contributed by atoms with van der Waals surface area (Å²) in [6.07, 6.45) is 0. The summed E-state index contributed by atoms with van der Waals surface area (Å²) in [7, 11) is 0. The lowest BCUT2D eigenvalue weighted by Gasteiger charge is -1.96. The van der Waals surface area contributed by atoms with Gasteiger partial charge in [-0.3, -0.25) is 0 Å². The first-order valence-electron chi connectivity index (χ1n) is 2.98. The molecule has 0 aliphatic rings. The number of phenolic OH excluding ortho intramolecular Hbond substituents is 1. The largest absolute Gasteiger partial charge is 0.508 e. The van der Waals surface area contributed by atoms with Crippen molar-refractivity contribution in [2.45, 2.75) is 0 Å².